The van der Waals surface area contributed by atoms with Crippen LogP contribution in [-0.4, -0.2) is 84.3 Å². The number of amides is 2. The first-order valence-electron chi connectivity index (χ1n) is 15.4. The molecule has 2 heterocycles. The first kappa shape index (κ1) is 34.8. The second-order valence-corrected chi connectivity index (χ2v) is 11.5. The Morgan fingerprint density at radius 3 is 2.49 bits per heavy atom. The van der Waals surface area contributed by atoms with Crippen LogP contribution in [0, 0.1) is 20.8 Å². The van der Waals surface area contributed by atoms with Crippen LogP contribution >= 0.6 is 0 Å². The van der Waals surface area contributed by atoms with Crippen LogP contribution in [0.3, 0.4) is 0 Å². The number of carboxylic acid groups (broad SMARTS) is 1. The molecule has 3 aromatic rings. The summed E-state index contributed by atoms with van der Waals surface area (Å²) in [5.74, 6) is -0.462. The molecule has 2 aromatic carbocycles. The van der Waals surface area contributed by atoms with Gasteiger partial charge in [0.1, 0.15) is 30.8 Å². The van der Waals surface area contributed by atoms with E-state index in [-0.39, 0.29) is 25.3 Å². The van der Waals surface area contributed by atoms with Crippen molar-refractivity contribution in [2.75, 3.05) is 38.7 Å². The number of aromatic nitrogens is 1. The molecule has 1 fully saturated rings. The van der Waals surface area contributed by atoms with Crippen molar-refractivity contribution in [2.45, 2.75) is 52.0 Å². The van der Waals surface area contributed by atoms with Crippen LogP contribution in [0.5, 0.6) is 5.75 Å². The summed E-state index contributed by atoms with van der Waals surface area (Å²) in [6.07, 6.45) is 1.90. The molecule has 0 saturated carbocycles. The van der Waals surface area contributed by atoms with Gasteiger partial charge >= 0.3 is 5.97 Å². The molecule has 4 rings (SSSR count). The van der Waals surface area contributed by atoms with Gasteiger partial charge in [-0.25, -0.2) is 9.78 Å². The standard InChI is InChI=1S/C35H43N5O7/c1-22-13-23(2)33(24(3)14-22)34(42)39-30(35(43)44)18-38-32(41)21-47-29-15-27(17-37-31-16-28(45-5)11-12-36-31)40(19-29)25(4)46-20-26-9-7-6-8-10-26/h6-14,16,27,29-30H,4,15,17-21H2,1-3,5H3,(H,36,37)(H,38,41)(H,39,42)(H,43,44)/t27-,29+,30-/m0/s1. The Morgan fingerprint density at radius 2 is 1.81 bits per heavy atom. The van der Waals surface area contributed by atoms with Crippen molar-refractivity contribution < 1.29 is 33.7 Å². The van der Waals surface area contributed by atoms with E-state index in [1.54, 1.807) is 39.3 Å². The number of benzene rings is 2. The normalized spacial score (nSPS) is 16.2. The topological polar surface area (TPSA) is 151 Å². The fourth-order valence-corrected chi connectivity index (χ4v) is 5.60. The molecule has 0 aliphatic carbocycles. The van der Waals surface area contributed by atoms with Crippen molar-refractivity contribution >= 4 is 23.6 Å². The highest BCUT2D eigenvalue weighted by Crippen LogP contribution is 2.26. The predicted molar refractivity (Wildman–Crippen MR) is 177 cm³/mol. The van der Waals surface area contributed by atoms with E-state index >= 15 is 0 Å². The zero-order valence-electron chi connectivity index (χ0n) is 27.2. The number of likely N-dealkylation sites (tertiary alicyclic amines) is 1. The molecule has 1 aliphatic heterocycles. The third kappa shape index (κ3) is 9.94. The maximum atomic E-state index is 12.9. The van der Waals surface area contributed by atoms with Crippen LogP contribution in [0.25, 0.3) is 0 Å². The third-order valence-electron chi connectivity index (χ3n) is 7.89. The minimum Gasteiger partial charge on any atom is -0.497 e. The highest BCUT2D eigenvalue weighted by atomic mass is 16.5. The summed E-state index contributed by atoms with van der Waals surface area (Å²) in [4.78, 5) is 43.9. The van der Waals surface area contributed by atoms with Gasteiger partial charge in [0, 0.05) is 37.5 Å². The molecule has 0 bridgehead atoms. The Labute approximate surface area is 275 Å². The Kier molecular flexibility index (Phi) is 12.2. The SMILES string of the molecule is C=C(OCc1ccccc1)N1C[C@H](OCC(=O)NC[C@H](NC(=O)c2c(C)cc(C)cc2C)C(=O)O)C[C@H]1CNc1cc(OC)ccn1. The lowest BCUT2D eigenvalue weighted by Crippen LogP contribution is -2.49. The number of carbonyl (C=O) groups excluding carboxylic acids is 2. The Bertz CT molecular complexity index is 1540. The zero-order chi connectivity index (χ0) is 33.9. The lowest BCUT2D eigenvalue weighted by molar-refractivity contribution is -0.139. The van der Waals surface area contributed by atoms with Gasteiger partial charge in [-0.15, -0.1) is 0 Å². The summed E-state index contributed by atoms with van der Waals surface area (Å²) < 4.78 is 17.3. The highest BCUT2D eigenvalue weighted by molar-refractivity contribution is 5.99. The van der Waals surface area contributed by atoms with Crippen LogP contribution in [0.1, 0.15) is 39.0 Å². The number of nitrogens with zero attached hydrogens (tertiary/aromatic N) is 2. The fraction of sp³-hybridized carbons (Fsp3) is 0.371. The number of ether oxygens (including phenoxy) is 3. The Morgan fingerprint density at radius 1 is 1.09 bits per heavy atom. The first-order valence-corrected chi connectivity index (χ1v) is 15.4. The van der Waals surface area contributed by atoms with E-state index in [0.717, 1.165) is 22.3 Å². The van der Waals surface area contributed by atoms with Crippen LogP contribution in [0.2, 0.25) is 0 Å². The molecule has 12 nitrogen and oxygen atoms in total. The number of methoxy groups -OCH3 is 1. The number of nitrogens with one attached hydrogen (secondary N) is 3. The van der Waals surface area contributed by atoms with Gasteiger partial charge < -0.3 is 40.2 Å². The number of hydrogen-bond donors (Lipinski definition) is 4. The van der Waals surface area contributed by atoms with Crippen LogP contribution in [-0.2, 0) is 25.7 Å². The Hall–Kier alpha value is -5.10. The number of rotatable bonds is 16. The van der Waals surface area contributed by atoms with E-state index in [2.05, 4.69) is 27.5 Å². The van der Waals surface area contributed by atoms with E-state index in [4.69, 9.17) is 14.2 Å². The van der Waals surface area contributed by atoms with E-state index in [9.17, 15) is 19.5 Å². The number of anilines is 1. The monoisotopic (exact) mass is 645 g/mol. The van der Waals surface area contributed by atoms with E-state index < -0.39 is 23.8 Å². The molecule has 1 aromatic heterocycles. The number of hydrogen-bond acceptors (Lipinski definition) is 9. The van der Waals surface area contributed by atoms with Gasteiger partial charge in [-0.2, -0.15) is 0 Å². The number of aliphatic carboxylic acids is 1. The lowest BCUT2D eigenvalue weighted by atomic mass is 9.99. The van der Waals surface area contributed by atoms with Crippen molar-refractivity contribution in [1.29, 1.82) is 0 Å². The van der Waals surface area contributed by atoms with Gasteiger partial charge in [-0.1, -0.05) is 48.0 Å². The fourth-order valence-electron chi connectivity index (χ4n) is 5.60. The Balaban J connectivity index is 1.32. The molecular formula is C35H43N5O7. The van der Waals surface area contributed by atoms with Gasteiger partial charge in [-0.05, 0) is 56.5 Å². The highest BCUT2D eigenvalue weighted by Gasteiger charge is 2.35. The second-order valence-electron chi connectivity index (χ2n) is 11.5. The van der Waals surface area contributed by atoms with Gasteiger partial charge in [-0.3, -0.25) is 9.59 Å². The largest absolute Gasteiger partial charge is 0.497 e. The molecule has 4 N–H and O–H groups in total. The van der Waals surface area contributed by atoms with Crippen LogP contribution in [0.15, 0.2) is 73.3 Å². The number of aryl methyl sites for hydroxylation is 3. The molecule has 1 aliphatic rings. The first-order chi connectivity index (χ1) is 22.5. The van der Waals surface area contributed by atoms with Crippen molar-refractivity contribution in [2.24, 2.45) is 0 Å². The summed E-state index contributed by atoms with van der Waals surface area (Å²) in [5, 5.41) is 18.1. The van der Waals surface area contributed by atoms with Gasteiger partial charge in [0.2, 0.25) is 5.91 Å². The van der Waals surface area contributed by atoms with E-state index in [1.807, 2.05) is 54.3 Å². The van der Waals surface area contributed by atoms with Gasteiger partial charge in [0.25, 0.3) is 5.91 Å². The number of carboxylic acids is 1. The smallest absolute Gasteiger partial charge is 0.328 e. The summed E-state index contributed by atoms with van der Waals surface area (Å²) in [6, 6.07) is 15.7. The van der Waals surface area contributed by atoms with Crippen molar-refractivity contribution in [3.8, 4) is 5.75 Å². The summed E-state index contributed by atoms with van der Waals surface area (Å²) in [6.45, 7) is 10.4. The molecule has 0 radical (unpaired) electrons. The number of pyridine rings is 1. The molecule has 0 spiro atoms. The predicted octanol–water partition coefficient (Wildman–Crippen LogP) is 3.57. The van der Waals surface area contributed by atoms with E-state index in [1.165, 1.54) is 0 Å². The minimum atomic E-state index is -1.32. The molecule has 1 saturated heterocycles. The van der Waals surface area contributed by atoms with Crippen molar-refractivity contribution in [1.82, 2.24) is 20.5 Å². The average molecular weight is 646 g/mol. The summed E-state index contributed by atoms with van der Waals surface area (Å²) >= 11 is 0. The molecule has 2 amide bonds. The van der Waals surface area contributed by atoms with Gasteiger partial charge in [0.05, 0.1) is 19.3 Å². The van der Waals surface area contributed by atoms with Gasteiger partial charge in [0.15, 0.2) is 5.88 Å². The second kappa shape index (κ2) is 16.5. The molecule has 250 valence electrons. The van der Waals surface area contributed by atoms with Crippen LogP contribution in [0.4, 0.5) is 5.82 Å². The van der Waals surface area contributed by atoms with Crippen LogP contribution < -0.4 is 20.7 Å². The van der Waals surface area contributed by atoms with Crippen molar-refractivity contribution in [3.05, 3.63) is 101 Å². The van der Waals surface area contributed by atoms with Crippen molar-refractivity contribution in [3.63, 3.8) is 0 Å². The summed E-state index contributed by atoms with van der Waals surface area (Å²) in [7, 11) is 1.59. The zero-order valence-corrected chi connectivity index (χ0v) is 27.2. The minimum absolute atomic E-state index is 0.0837. The molecule has 12 heteroatoms. The molecule has 0 unspecified atom stereocenters. The average Bonchev–Trinajstić information content (AvgIpc) is 3.46. The van der Waals surface area contributed by atoms with E-state index in [0.29, 0.717) is 49.1 Å². The molecule has 3 atom stereocenters. The summed E-state index contributed by atoms with van der Waals surface area (Å²) in [5.41, 5.74) is 3.92. The quantitative estimate of drug-likeness (QED) is 0.170. The maximum absolute atomic E-state index is 12.9. The third-order valence-corrected chi connectivity index (χ3v) is 7.89. The number of carbonyl (C=O) groups is 3. The molecular weight excluding hydrogens is 602 g/mol. The molecule has 47 heavy (non-hydrogen) atoms. The maximum Gasteiger partial charge on any atom is 0.328 e. The lowest BCUT2D eigenvalue weighted by Gasteiger charge is -2.28.